The summed E-state index contributed by atoms with van der Waals surface area (Å²) in [5.41, 5.74) is -0.792. The number of nitrogens with zero attached hydrogens (tertiary/aromatic N) is 1. The van der Waals surface area contributed by atoms with Gasteiger partial charge in [0.05, 0.1) is 0 Å². The van der Waals surface area contributed by atoms with E-state index < -0.39 is 5.60 Å². The van der Waals surface area contributed by atoms with Crippen molar-refractivity contribution in [3.8, 4) is 0 Å². The van der Waals surface area contributed by atoms with E-state index in [1.165, 1.54) is 0 Å². The summed E-state index contributed by atoms with van der Waals surface area (Å²) in [6, 6.07) is 0.326. The van der Waals surface area contributed by atoms with E-state index in [9.17, 15) is 9.59 Å². The summed E-state index contributed by atoms with van der Waals surface area (Å²) < 4.78 is 10.9. The molecule has 2 aliphatic carbocycles. The first-order chi connectivity index (χ1) is 9.32. The molecule has 0 aromatic heterocycles. The van der Waals surface area contributed by atoms with Gasteiger partial charge in [0.15, 0.2) is 0 Å². The minimum atomic E-state index is -0.470. The largest absolute Gasteiger partial charge is 0.461 e. The summed E-state index contributed by atoms with van der Waals surface area (Å²) in [5.74, 6) is 0.575. The third-order valence-electron chi connectivity index (χ3n) is 4.78. The van der Waals surface area contributed by atoms with Crippen molar-refractivity contribution in [2.24, 2.45) is 5.92 Å². The lowest BCUT2D eigenvalue weighted by atomic mass is 9.61. The molecular formula is C15H23NO4. The number of amides is 1. The van der Waals surface area contributed by atoms with Crippen LogP contribution in [0.3, 0.4) is 0 Å². The van der Waals surface area contributed by atoms with Gasteiger partial charge in [-0.15, -0.1) is 0 Å². The van der Waals surface area contributed by atoms with Crippen molar-refractivity contribution in [2.75, 3.05) is 0 Å². The zero-order chi connectivity index (χ0) is 14.5. The van der Waals surface area contributed by atoms with Crippen LogP contribution < -0.4 is 0 Å². The lowest BCUT2D eigenvalue weighted by Crippen LogP contribution is -2.66. The molecule has 0 spiro atoms. The van der Waals surface area contributed by atoms with Crippen molar-refractivity contribution in [1.82, 2.24) is 4.90 Å². The van der Waals surface area contributed by atoms with Crippen LogP contribution in [0.15, 0.2) is 0 Å². The van der Waals surface area contributed by atoms with Gasteiger partial charge in [-0.25, -0.2) is 4.79 Å². The summed E-state index contributed by atoms with van der Waals surface area (Å²) in [6.45, 7) is 6.24. The molecule has 2 atom stereocenters. The van der Waals surface area contributed by atoms with E-state index in [1.807, 2.05) is 25.7 Å². The number of carbonyl (C=O) groups excluding carboxylic acids is 2. The molecular weight excluding hydrogens is 258 g/mol. The van der Waals surface area contributed by atoms with Gasteiger partial charge >= 0.3 is 6.09 Å². The van der Waals surface area contributed by atoms with Crippen LogP contribution in [0.4, 0.5) is 4.79 Å². The molecule has 4 aliphatic rings. The van der Waals surface area contributed by atoms with Crippen molar-refractivity contribution in [3.63, 3.8) is 0 Å². The number of carbonyl (C=O) groups is 2. The average molecular weight is 281 g/mol. The Hall–Kier alpha value is -1.26. The molecule has 4 rings (SSSR count). The van der Waals surface area contributed by atoms with Gasteiger partial charge < -0.3 is 14.4 Å². The van der Waals surface area contributed by atoms with Gasteiger partial charge in [0.25, 0.3) is 6.47 Å². The monoisotopic (exact) mass is 281 g/mol. The van der Waals surface area contributed by atoms with Crippen LogP contribution in [-0.4, -0.2) is 40.8 Å². The molecule has 2 saturated heterocycles. The smallest absolute Gasteiger partial charge is 0.410 e. The van der Waals surface area contributed by atoms with Crippen molar-refractivity contribution in [3.05, 3.63) is 0 Å². The third kappa shape index (κ3) is 2.27. The first kappa shape index (κ1) is 13.7. The number of hydrogen-bond acceptors (Lipinski definition) is 4. The fraction of sp³-hybridized carbons (Fsp3) is 0.867. The van der Waals surface area contributed by atoms with Crippen molar-refractivity contribution >= 4 is 12.6 Å². The normalized spacial score (nSPS) is 38.8. The molecule has 0 N–H and O–H groups in total. The Morgan fingerprint density at radius 2 is 1.80 bits per heavy atom. The lowest BCUT2D eigenvalue weighted by molar-refractivity contribution is -0.181. The van der Waals surface area contributed by atoms with Crippen LogP contribution in [0.2, 0.25) is 0 Å². The number of rotatable bonds is 2. The Balaban J connectivity index is 1.77. The highest BCUT2D eigenvalue weighted by Gasteiger charge is 2.57. The van der Waals surface area contributed by atoms with Crippen LogP contribution in [0, 0.1) is 5.92 Å². The number of ether oxygens (including phenoxy) is 2. The van der Waals surface area contributed by atoms with Crippen LogP contribution in [0.1, 0.15) is 52.9 Å². The molecule has 0 radical (unpaired) electrons. The Kier molecular flexibility index (Phi) is 2.99. The minimum Gasteiger partial charge on any atom is -0.461 e. The average Bonchev–Trinajstić information content (AvgIpc) is 2.24. The molecule has 5 heteroatoms. The van der Waals surface area contributed by atoms with Gasteiger partial charge in [-0.3, -0.25) is 4.79 Å². The maximum Gasteiger partial charge on any atom is 0.410 e. The highest BCUT2D eigenvalue weighted by Crippen LogP contribution is 2.53. The van der Waals surface area contributed by atoms with Crippen LogP contribution in [0.25, 0.3) is 0 Å². The lowest BCUT2D eigenvalue weighted by Gasteiger charge is -2.59. The highest BCUT2D eigenvalue weighted by molar-refractivity contribution is 5.69. The molecule has 0 aromatic rings. The molecule has 1 amide bonds. The van der Waals surface area contributed by atoms with E-state index >= 15 is 0 Å². The van der Waals surface area contributed by atoms with Crippen LogP contribution >= 0.6 is 0 Å². The van der Waals surface area contributed by atoms with Crippen molar-refractivity contribution in [1.29, 1.82) is 0 Å². The molecule has 4 bridgehead atoms. The standard InChI is InChI=1S/C15H23NO4/c1-14(2,3)20-13(18)16-11-4-10-5-12(16)8-15(6-10,7-11)19-9-17/h9-12H,4-8H2,1-3H3. The van der Waals surface area contributed by atoms with Gasteiger partial charge in [-0.2, -0.15) is 0 Å². The third-order valence-corrected chi connectivity index (χ3v) is 4.78. The minimum absolute atomic E-state index is 0.163. The molecule has 2 aliphatic heterocycles. The quantitative estimate of drug-likeness (QED) is 0.730. The molecule has 112 valence electrons. The number of hydrogen-bond donors (Lipinski definition) is 0. The van der Waals surface area contributed by atoms with E-state index in [1.54, 1.807) is 0 Å². The first-order valence-electron chi connectivity index (χ1n) is 7.45. The Morgan fingerprint density at radius 3 is 2.30 bits per heavy atom. The zero-order valence-electron chi connectivity index (χ0n) is 12.4. The first-order valence-corrected chi connectivity index (χ1v) is 7.45. The van der Waals surface area contributed by atoms with Crippen LogP contribution in [-0.2, 0) is 14.3 Å². The molecule has 2 unspecified atom stereocenters. The predicted octanol–water partition coefficient (Wildman–Crippen LogP) is 2.48. The summed E-state index contributed by atoms with van der Waals surface area (Å²) in [5, 5.41) is 0. The van der Waals surface area contributed by atoms with E-state index in [4.69, 9.17) is 9.47 Å². The Morgan fingerprint density at radius 1 is 1.20 bits per heavy atom. The van der Waals surface area contributed by atoms with Crippen molar-refractivity contribution in [2.45, 2.75) is 76.2 Å². The summed E-state index contributed by atoms with van der Waals surface area (Å²) >= 11 is 0. The molecule has 4 fully saturated rings. The Bertz CT molecular complexity index is 412. The second kappa shape index (κ2) is 4.37. The van der Waals surface area contributed by atoms with Gasteiger partial charge in [0.2, 0.25) is 0 Å². The fourth-order valence-corrected chi connectivity index (χ4v) is 4.42. The SMILES string of the molecule is CC(C)(C)OC(=O)N1C2CC3CC1CC(OC=O)(C3)C2. The van der Waals surface area contributed by atoms with Gasteiger partial charge in [0, 0.05) is 24.9 Å². The second-order valence-corrected chi connectivity index (χ2v) is 7.54. The second-order valence-electron chi connectivity index (χ2n) is 7.54. The molecule has 5 nitrogen and oxygen atoms in total. The maximum atomic E-state index is 12.4. The van der Waals surface area contributed by atoms with Gasteiger partial charge in [-0.05, 0) is 46.0 Å². The van der Waals surface area contributed by atoms with E-state index in [2.05, 4.69) is 0 Å². The number of piperidine rings is 2. The van der Waals surface area contributed by atoms with Crippen LogP contribution in [0.5, 0.6) is 0 Å². The summed E-state index contributed by atoms with van der Waals surface area (Å²) in [6.07, 6.45) is 4.29. The van der Waals surface area contributed by atoms with E-state index in [0.29, 0.717) is 12.4 Å². The van der Waals surface area contributed by atoms with E-state index in [0.717, 1.165) is 32.1 Å². The van der Waals surface area contributed by atoms with E-state index in [-0.39, 0.29) is 23.8 Å². The topological polar surface area (TPSA) is 55.8 Å². The summed E-state index contributed by atoms with van der Waals surface area (Å²) in [7, 11) is 0. The van der Waals surface area contributed by atoms with Gasteiger partial charge in [-0.1, -0.05) is 0 Å². The molecule has 2 heterocycles. The Labute approximate surface area is 119 Å². The predicted molar refractivity (Wildman–Crippen MR) is 72.1 cm³/mol. The summed E-state index contributed by atoms with van der Waals surface area (Å²) in [4.78, 5) is 25.1. The highest BCUT2D eigenvalue weighted by atomic mass is 16.6. The zero-order valence-corrected chi connectivity index (χ0v) is 12.4. The molecule has 2 saturated carbocycles. The van der Waals surface area contributed by atoms with Crippen molar-refractivity contribution < 1.29 is 19.1 Å². The molecule has 0 aromatic carbocycles. The molecule has 20 heavy (non-hydrogen) atoms. The van der Waals surface area contributed by atoms with Gasteiger partial charge in [0.1, 0.15) is 11.2 Å². The fourth-order valence-electron chi connectivity index (χ4n) is 4.42. The maximum absolute atomic E-state index is 12.4.